The van der Waals surface area contributed by atoms with Gasteiger partial charge in [0, 0.05) is 47.5 Å². The van der Waals surface area contributed by atoms with Gasteiger partial charge in [-0.15, -0.1) is 53.6 Å². The zero-order chi connectivity index (χ0) is 42.5. The summed E-state index contributed by atoms with van der Waals surface area (Å²) in [6.07, 6.45) is 0.479. The van der Waals surface area contributed by atoms with E-state index in [1.165, 1.54) is 23.0 Å². The minimum Gasteiger partial charge on any atom is -0.501 e. The first-order valence-corrected chi connectivity index (χ1v) is 17.5. The average molecular weight is 878 g/mol. The van der Waals surface area contributed by atoms with E-state index in [0.29, 0.717) is 22.4 Å². The topological polar surface area (TPSA) is 38.9 Å². The van der Waals surface area contributed by atoms with E-state index in [4.69, 9.17) is 19.0 Å². The molecule has 0 fully saturated rings. The fourth-order valence-electron chi connectivity index (χ4n) is 6.24. The van der Waals surface area contributed by atoms with Crippen molar-refractivity contribution in [2.24, 2.45) is 10.8 Å². The molecule has 269 valence electrons. The first kappa shape index (κ1) is 29.6. The van der Waals surface area contributed by atoms with Crippen LogP contribution in [0.3, 0.4) is 0 Å². The molecule has 0 aliphatic heterocycles. The van der Waals surface area contributed by atoms with E-state index in [0.717, 1.165) is 44.3 Å². The third-order valence-corrected chi connectivity index (χ3v) is 8.45. The van der Waals surface area contributed by atoms with Crippen LogP contribution in [0.5, 0.6) is 0 Å². The molecule has 0 atom stereocenters. The zero-order valence-corrected chi connectivity index (χ0v) is 33.2. The Kier molecular flexibility index (Phi) is 8.70. The third kappa shape index (κ3) is 9.02. The molecule has 8 rings (SSSR count). The Morgan fingerprint density at radius 2 is 1.36 bits per heavy atom. The van der Waals surface area contributed by atoms with Crippen LogP contribution in [0, 0.1) is 29.8 Å². The molecule has 3 heterocycles. The van der Waals surface area contributed by atoms with Crippen molar-refractivity contribution in [2.75, 3.05) is 0 Å². The maximum Gasteiger partial charge on any atom is 0.121 e. The second-order valence-electron chi connectivity index (χ2n) is 15.0. The number of furan rings is 1. The second-order valence-corrected chi connectivity index (χ2v) is 15.0. The predicted molar refractivity (Wildman–Crippen MR) is 218 cm³/mol. The van der Waals surface area contributed by atoms with Crippen molar-refractivity contribution in [3.8, 4) is 33.6 Å². The molecule has 0 aliphatic rings. The molecule has 3 nitrogen and oxygen atoms in total. The fraction of sp³-hybridized carbons (Fsp3) is 0.224. The molecule has 0 spiro atoms. The Morgan fingerprint density at radius 3 is 2.02 bits per heavy atom. The number of hydrogen-bond acceptors (Lipinski definition) is 3. The molecule has 4 heteroatoms. The molecule has 0 N–H and O–H groups in total. The van der Waals surface area contributed by atoms with E-state index in [9.17, 15) is 0 Å². The van der Waals surface area contributed by atoms with Crippen LogP contribution in [0.2, 0.25) is 0 Å². The van der Waals surface area contributed by atoms with E-state index in [1.54, 1.807) is 24.3 Å². The van der Waals surface area contributed by atoms with Gasteiger partial charge in [-0.2, -0.15) is 0 Å². The molecule has 3 aromatic heterocycles. The van der Waals surface area contributed by atoms with Crippen LogP contribution in [-0.2, 0) is 32.9 Å². The number of fused-ring (bicyclic) bond motifs is 5. The van der Waals surface area contributed by atoms with E-state index < -0.39 is 30.4 Å². The van der Waals surface area contributed by atoms with Crippen molar-refractivity contribution in [3.63, 3.8) is 0 Å². The number of benzene rings is 5. The number of pyridine rings is 2. The molecule has 0 saturated carbocycles. The summed E-state index contributed by atoms with van der Waals surface area (Å²) < 4.78 is 61.9. The van der Waals surface area contributed by atoms with Gasteiger partial charge < -0.3 is 14.4 Å². The average Bonchev–Trinajstić information content (AvgIpc) is 3.60. The number of rotatable bonds is 5. The van der Waals surface area contributed by atoms with E-state index in [2.05, 4.69) is 53.5 Å². The van der Waals surface area contributed by atoms with Crippen LogP contribution in [0.15, 0.2) is 132 Å². The van der Waals surface area contributed by atoms with Crippen molar-refractivity contribution >= 4 is 32.7 Å². The van der Waals surface area contributed by atoms with Gasteiger partial charge in [0.2, 0.25) is 0 Å². The Balaban J connectivity index is 0.000000219. The quantitative estimate of drug-likeness (QED) is 0.162. The molecular weight excluding hydrogens is 825 g/mol. The van der Waals surface area contributed by atoms with Crippen LogP contribution >= 0.6 is 0 Å². The predicted octanol–water partition coefficient (Wildman–Crippen LogP) is 13.3. The van der Waals surface area contributed by atoms with Crippen LogP contribution in [-0.4, -0.2) is 9.97 Å². The van der Waals surface area contributed by atoms with Crippen LogP contribution in [0.25, 0.3) is 66.4 Å². The largest absolute Gasteiger partial charge is 0.501 e. The zero-order valence-electron chi connectivity index (χ0n) is 37.8. The Labute approximate surface area is 337 Å². The van der Waals surface area contributed by atoms with Crippen LogP contribution in [0.4, 0.5) is 0 Å². The Morgan fingerprint density at radius 1 is 0.660 bits per heavy atom. The number of hydrogen-bond donors (Lipinski definition) is 0. The SMILES string of the molecule is [2H]C([2H])([2H])c1c[c-]c(-c2ccc(C([2H])([2H])C(C)(C)C)cn2)cc1.[2H]C([2H])(c1ccc(-c2ccc(-c3[c-]ccc4c3oc3ccc5ccccc5c34)nc2)cc1)C(C)(C)C.[Ir]. The summed E-state index contributed by atoms with van der Waals surface area (Å²) in [6, 6.07) is 42.6. The van der Waals surface area contributed by atoms with Crippen LogP contribution in [0.1, 0.15) is 67.8 Å². The second kappa shape index (κ2) is 15.6. The number of nitrogens with zero attached hydrogens (tertiary/aromatic N) is 2. The van der Waals surface area contributed by atoms with E-state index in [1.807, 2.05) is 96.3 Å². The van der Waals surface area contributed by atoms with Crippen molar-refractivity contribution < 1.29 is 34.1 Å². The summed E-state index contributed by atoms with van der Waals surface area (Å²) in [7, 11) is 0. The summed E-state index contributed by atoms with van der Waals surface area (Å²) in [6.45, 7) is 9.17. The van der Waals surface area contributed by atoms with Gasteiger partial charge in [0.05, 0.1) is 5.58 Å². The molecule has 0 saturated heterocycles. The molecule has 0 unspecified atom stereocenters. The Bertz CT molecular complexity index is 2750. The molecular formula is C49H46IrN2O-2. The molecule has 0 amide bonds. The van der Waals surface area contributed by atoms with E-state index >= 15 is 0 Å². The van der Waals surface area contributed by atoms with Gasteiger partial charge in [0.1, 0.15) is 5.58 Å². The summed E-state index contributed by atoms with van der Waals surface area (Å²) >= 11 is 0. The summed E-state index contributed by atoms with van der Waals surface area (Å²) in [5, 5.41) is 4.54. The van der Waals surface area contributed by atoms with Gasteiger partial charge in [-0.1, -0.05) is 138 Å². The first-order valence-electron chi connectivity index (χ1n) is 21.0. The summed E-state index contributed by atoms with van der Waals surface area (Å²) in [5.41, 5.74) is 7.00. The summed E-state index contributed by atoms with van der Waals surface area (Å²) in [4.78, 5) is 9.06. The first-order chi connectivity index (χ1) is 27.7. The minimum absolute atomic E-state index is 0. The van der Waals surface area contributed by atoms with Crippen molar-refractivity contribution in [3.05, 3.63) is 156 Å². The third-order valence-electron chi connectivity index (χ3n) is 8.45. The standard InChI is InChI=1S/C32H26NO.C17H20N.Ir/c1-32(2,3)19-21-11-13-22(14-12-21)24-15-17-28(33-20-24)26-9-6-10-27-30-25-8-5-4-7-23(25)16-18-29(30)34-31(26)27;1-13-5-8-15(9-6-13)16-10-7-14(12-18-16)11-17(2,3)4;/h4-8,10-18,20H,19H2,1-3H3;5-8,10,12H,11H2,1-4H3;/q2*-1;/i19D2;1D3,11D2;. The number of aryl methyl sites for hydroxylation is 1. The molecule has 8 aromatic rings. The van der Waals surface area contributed by atoms with Crippen molar-refractivity contribution in [1.82, 2.24) is 9.97 Å². The van der Waals surface area contributed by atoms with Crippen molar-refractivity contribution in [2.45, 2.75) is 61.1 Å². The Hall–Kier alpha value is -4.89. The smallest absolute Gasteiger partial charge is 0.121 e. The van der Waals surface area contributed by atoms with Gasteiger partial charge in [-0.25, -0.2) is 0 Å². The minimum atomic E-state index is -2.14. The fourth-order valence-corrected chi connectivity index (χ4v) is 6.24. The van der Waals surface area contributed by atoms with Gasteiger partial charge in [-0.3, -0.25) is 0 Å². The molecule has 53 heavy (non-hydrogen) atoms. The van der Waals surface area contributed by atoms with Crippen molar-refractivity contribution in [1.29, 1.82) is 0 Å². The summed E-state index contributed by atoms with van der Waals surface area (Å²) in [5.74, 6) is 0. The maximum atomic E-state index is 8.51. The monoisotopic (exact) mass is 878 g/mol. The van der Waals surface area contributed by atoms with Gasteiger partial charge in [-0.05, 0) is 74.1 Å². The van der Waals surface area contributed by atoms with Crippen LogP contribution < -0.4 is 0 Å². The number of aromatic nitrogens is 2. The normalized spacial score (nSPS) is 14.4. The van der Waals surface area contributed by atoms with Gasteiger partial charge in [0.25, 0.3) is 0 Å². The van der Waals surface area contributed by atoms with Gasteiger partial charge >= 0.3 is 0 Å². The maximum absolute atomic E-state index is 8.51. The molecule has 1 radical (unpaired) electrons. The molecule has 5 aromatic carbocycles. The molecule has 0 aliphatic carbocycles. The van der Waals surface area contributed by atoms with Gasteiger partial charge in [0.15, 0.2) is 0 Å². The van der Waals surface area contributed by atoms with E-state index in [-0.39, 0.29) is 25.7 Å². The molecule has 0 bridgehead atoms.